The predicted molar refractivity (Wildman–Crippen MR) is 113 cm³/mol. The van der Waals surface area contributed by atoms with Crippen molar-refractivity contribution in [2.75, 3.05) is 20.1 Å². The molecule has 136 valence electrons. The molecule has 0 amide bonds. The van der Waals surface area contributed by atoms with E-state index in [0.717, 1.165) is 10.7 Å². The Morgan fingerprint density at radius 3 is 2.42 bits per heavy atom. The highest BCUT2D eigenvalue weighted by atomic mass is 32.2. The minimum atomic E-state index is 0.648. The van der Waals surface area contributed by atoms with Gasteiger partial charge < -0.3 is 4.90 Å². The number of nitrogens with zero attached hydrogens (tertiary/aromatic N) is 3. The van der Waals surface area contributed by atoms with Crippen molar-refractivity contribution >= 4 is 33.3 Å². The van der Waals surface area contributed by atoms with Crippen LogP contribution in [-0.2, 0) is 0 Å². The molecule has 0 aliphatic carbocycles. The largest absolute Gasteiger partial charge is 0.306 e. The zero-order chi connectivity index (χ0) is 18.3. The van der Waals surface area contributed by atoms with Gasteiger partial charge in [-0.1, -0.05) is 29.8 Å². The molecule has 3 aromatic rings. The summed E-state index contributed by atoms with van der Waals surface area (Å²) in [5, 5.41) is 3.07. The second-order valence-corrected chi connectivity index (χ2v) is 9.77. The van der Waals surface area contributed by atoms with Crippen molar-refractivity contribution in [1.82, 2.24) is 14.9 Å². The van der Waals surface area contributed by atoms with Gasteiger partial charge in [-0.05, 0) is 59.3 Å². The van der Waals surface area contributed by atoms with Gasteiger partial charge in [0.1, 0.15) is 15.7 Å². The molecule has 0 saturated carbocycles. The zero-order valence-electron chi connectivity index (χ0n) is 15.9. The van der Waals surface area contributed by atoms with Crippen molar-refractivity contribution in [1.29, 1.82) is 0 Å². The van der Waals surface area contributed by atoms with Gasteiger partial charge in [0.25, 0.3) is 0 Å². The van der Waals surface area contributed by atoms with E-state index in [1.54, 1.807) is 11.3 Å². The number of thiophene rings is 1. The molecule has 2 aromatic heterocycles. The lowest BCUT2D eigenvalue weighted by Crippen LogP contribution is -2.31. The van der Waals surface area contributed by atoms with Gasteiger partial charge in [0.15, 0.2) is 0 Å². The van der Waals surface area contributed by atoms with Crippen LogP contribution in [0.1, 0.15) is 29.1 Å². The average molecular weight is 384 g/mol. The maximum absolute atomic E-state index is 4.88. The average Bonchev–Trinajstić information content (AvgIpc) is 2.93. The lowest BCUT2D eigenvalue weighted by molar-refractivity contribution is 0.282. The quantitative estimate of drug-likeness (QED) is 0.561. The number of aryl methyl sites for hydroxylation is 3. The molecule has 0 unspecified atom stereocenters. The molecular weight excluding hydrogens is 358 g/mol. The van der Waals surface area contributed by atoms with Gasteiger partial charge >= 0.3 is 0 Å². The molecule has 1 saturated heterocycles. The number of rotatable bonds is 3. The standard InChI is InChI=1S/C21H25N3S2/c1-13-5-7-16(8-6-13)18-14(2)25-20-19(18)21(23-15(3)22-20)26-17-9-11-24(4)12-10-17/h5-8,17H,9-12H2,1-4H3. The second-order valence-electron chi connectivity index (χ2n) is 7.28. The first kappa shape index (κ1) is 18.0. The number of thioether (sulfide) groups is 1. The maximum atomic E-state index is 4.88. The third-order valence-electron chi connectivity index (χ3n) is 5.09. The van der Waals surface area contributed by atoms with Crippen LogP contribution in [0, 0.1) is 20.8 Å². The van der Waals surface area contributed by atoms with Gasteiger partial charge in [-0.2, -0.15) is 0 Å². The number of hydrogen-bond acceptors (Lipinski definition) is 5. The first-order valence-electron chi connectivity index (χ1n) is 9.21. The van der Waals surface area contributed by atoms with E-state index in [-0.39, 0.29) is 0 Å². The number of likely N-dealkylation sites (tertiary alicyclic amines) is 1. The van der Waals surface area contributed by atoms with E-state index in [4.69, 9.17) is 9.97 Å². The molecule has 3 nitrogen and oxygen atoms in total. The number of piperidine rings is 1. The van der Waals surface area contributed by atoms with E-state index in [0.29, 0.717) is 5.25 Å². The molecule has 0 atom stereocenters. The summed E-state index contributed by atoms with van der Waals surface area (Å²) < 4.78 is 0. The van der Waals surface area contributed by atoms with E-state index in [1.807, 2.05) is 18.7 Å². The summed E-state index contributed by atoms with van der Waals surface area (Å²) in [4.78, 5) is 14.5. The van der Waals surface area contributed by atoms with Gasteiger partial charge in [-0.15, -0.1) is 23.1 Å². The van der Waals surface area contributed by atoms with Crippen molar-refractivity contribution in [2.45, 2.75) is 43.9 Å². The molecule has 26 heavy (non-hydrogen) atoms. The molecule has 0 bridgehead atoms. The molecule has 1 aliphatic heterocycles. The fourth-order valence-corrected chi connectivity index (χ4v) is 6.01. The fraction of sp³-hybridized carbons (Fsp3) is 0.429. The monoisotopic (exact) mass is 383 g/mol. The van der Waals surface area contributed by atoms with Crippen LogP contribution in [0.2, 0.25) is 0 Å². The first-order valence-corrected chi connectivity index (χ1v) is 10.9. The number of hydrogen-bond donors (Lipinski definition) is 0. The van der Waals surface area contributed by atoms with Crippen LogP contribution in [0.3, 0.4) is 0 Å². The Balaban J connectivity index is 1.80. The number of aromatic nitrogens is 2. The van der Waals surface area contributed by atoms with Gasteiger partial charge in [0, 0.05) is 15.7 Å². The summed E-state index contributed by atoms with van der Waals surface area (Å²) in [6, 6.07) is 8.84. The van der Waals surface area contributed by atoms with E-state index in [9.17, 15) is 0 Å². The van der Waals surface area contributed by atoms with E-state index >= 15 is 0 Å². The SMILES string of the molecule is Cc1ccc(-c2c(C)sc3nc(C)nc(SC4CCN(C)CC4)c23)cc1. The summed E-state index contributed by atoms with van der Waals surface area (Å²) >= 11 is 3.76. The van der Waals surface area contributed by atoms with Crippen LogP contribution in [0.5, 0.6) is 0 Å². The molecule has 0 spiro atoms. The molecular formula is C21H25N3S2. The van der Waals surface area contributed by atoms with Gasteiger partial charge in [-0.3, -0.25) is 0 Å². The fourth-order valence-electron chi connectivity index (χ4n) is 3.60. The van der Waals surface area contributed by atoms with E-state index < -0.39 is 0 Å². The summed E-state index contributed by atoms with van der Waals surface area (Å²) in [6.07, 6.45) is 2.46. The van der Waals surface area contributed by atoms with Crippen molar-refractivity contribution in [3.05, 3.63) is 40.5 Å². The van der Waals surface area contributed by atoms with Crippen molar-refractivity contribution in [2.24, 2.45) is 0 Å². The topological polar surface area (TPSA) is 29.0 Å². The highest BCUT2D eigenvalue weighted by molar-refractivity contribution is 8.00. The van der Waals surface area contributed by atoms with Gasteiger partial charge in [-0.25, -0.2) is 9.97 Å². The lowest BCUT2D eigenvalue weighted by atomic mass is 10.0. The molecule has 1 aliphatic rings. The lowest BCUT2D eigenvalue weighted by Gasteiger charge is -2.28. The summed E-state index contributed by atoms with van der Waals surface area (Å²) in [6.45, 7) is 8.71. The number of benzene rings is 1. The van der Waals surface area contributed by atoms with Crippen LogP contribution in [0.25, 0.3) is 21.3 Å². The third-order valence-corrected chi connectivity index (χ3v) is 7.41. The van der Waals surface area contributed by atoms with Gasteiger partial charge in [0.2, 0.25) is 0 Å². The van der Waals surface area contributed by atoms with Crippen molar-refractivity contribution in [3.8, 4) is 11.1 Å². The van der Waals surface area contributed by atoms with Crippen molar-refractivity contribution < 1.29 is 0 Å². The van der Waals surface area contributed by atoms with Crippen LogP contribution >= 0.6 is 23.1 Å². The van der Waals surface area contributed by atoms with Crippen molar-refractivity contribution in [3.63, 3.8) is 0 Å². The highest BCUT2D eigenvalue weighted by Crippen LogP contribution is 2.43. The van der Waals surface area contributed by atoms with Gasteiger partial charge in [0.05, 0.1) is 5.39 Å². The van der Waals surface area contributed by atoms with Crippen LogP contribution in [-0.4, -0.2) is 40.3 Å². The zero-order valence-corrected chi connectivity index (χ0v) is 17.5. The first-order chi connectivity index (χ1) is 12.5. The summed E-state index contributed by atoms with van der Waals surface area (Å²) in [5.74, 6) is 0.879. The summed E-state index contributed by atoms with van der Waals surface area (Å²) in [5.41, 5.74) is 3.89. The van der Waals surface area contributed by atoms with Crippen LogP contribution in [0.4, 0.5) is 0 Å². The van der Waals surface area contributed by atoms with E-state index in [2.05, 4.69) is 50.1 Å². The molecule has 0 N–H and O–H groups in total. The predicted octanol–water partition coefficient (Wildman–Crippen LogP) is 5.47. The molecule has 0 radical (unpaired) electrons. The molecule has 4 rings (SSSR count). The smallest absolute Gasteiger partial charge is 0.129 e. The number of fused-ring (bicyclic) bond motifs is 1. The van der Waals surface area contributed by atoms with Crippen LogP contribution in [0.15, 0.2) is 29.3 Å². The molecule has 5 heteroatoms. The second kappa shape index (κ2) is 7.29. The maximum Gasteiger partial charge on any atom is 0.129 e. The Bertz CT molecular complexity index is 923. The normalized spacial score (nSPS) is 16.5. The highest BCUT2D eigenvalue weighted by Gasteiger charge is 2.23. The molecule has 1 fully saturated rings. The Morgan fingerprint density at radius 1 is 1.04 bits per heavy atom. The van der Waals surface area contributed by atoms with E-state index in [1.165, 1.54) is 57.9 Å². The Kier molecular flexibility index (Phi) is 5.04. The van der Waals surface area contributed by atoms with Crippen LogP contribution < -0.4 is 0 Å². The molecule has 3 heterocycles. The minimum Gasteiger partial charge on any atom is -0.306 e. The Morgan fingerprint density at radius 2 is 1.73 bits per heavy atom. The Labute approximate surface area is 163 Å². The Hall–Kier alpha value is -1.43. The third kappa shape index (κ3) is 3.53. The minimum absolute atomic E-state index is 0.648. The molecule has 1 aromatic carbocycles. The summed E-state index contributed by atoms with van der Waals surface area (Å²) in [7, 11) is 2.21.